The van der Waals surface area contributed by atoms with E-state index in [2.05, 4.69) is 22.5 Å². The summed E-state index contributed by atoms with van der Waals surface area (Å²) in [6.07, 6.45) is 0. The lowest BCUT2D eigenvalue weighted by Crippen LogP contribution is -2.22. The van der Waals surface area contributed by atoms with E-state index >= 15 is 0 Å². The minimum absolute atomic E-state index is 0.122. The molecule has 5 heteroatoms. The van der Waals surface area contributed by atoms with Crippen LogP contribution in [0.5, 0.6) is 0 Å². The van der Waals surface area contributed by atoms with Crippen molar-refractivity contribution in [1.29, 1.82) is 0 Å². The Bertz CT molecular complexity index is 631. The molecule has 19 heavy (non-hydrogen) atoms. The lowest BCUT2D eigenvalue weighted by Gasteiger charge is -2.03. The lowest BCUT2D eigenvalue weighted by atomic mass is 10.2. The van der Waals surface area contributed by atoms with E-state index in [0.717, 1.165) is 5.56 Å². The van der Waals surface area contributed by atoms with E-state index in [0.29, 0.717) is 17.0 Å². The van der Waals surface area contributed by atoms with Crippen LogP contribution >= 0.6 is 22.7 Å². The zero-order chi connectivity index (χ0) is 13.7. The minimum Gasteiger partial charge on any atom is -0.384 e. The first-order chi connectivity index (χ1) is 9.22. The molecule has 0 saturated heterocycles. The van der Waals surface area contributed by atoms with Crippen LogP contribution in [0.15, 0.2) is 22.2 Å². The van der Waals surface area contributed by atoms with Crippen LogP contribution in [0.25, 0.3) is 0 Å². The summed E-state index contributed by atoms with van der Waals surface area (Å²) in [6.45, 7) is 2.35. The highest BCUT2D eigenvalue weighted by Gasteiger charge is 2.12. The molecule has 0 aromatic carbocycles. The van der Waals surface area contributed by atoms with Crippen LogP contribution in [0.4, 0.5) is 0 Å². The van der Waals surface area contributed by atoms with Crippen molar-refractivity contribution < 1.29 is 9.90 Å². The Balaban J connectivity index is 2.04. The molecule has 2 heterocycles. The molecule has 98 valence electrons. The number of rotatable bonds is 3. The van der Waals surface area contributed by atoms with E-state index in [1.54, 1.807) is 17.4 Å². The van der Waals surface area contributed by atoms with E-state index in [4.69, 9.17) is 5.11 Å². The second-order valence-corrected chi connectivity index (χ2v) is 5.55. The molecule has 0 unspecified atom stereocenters. The smallest absolute Gasteiger partial charge is 0.262 e. The maximum absolute atomic E-state index is 12.1. The number of aliphatic hydroxyl groups excluding tert-OH is 1. The van der Waals surface area contributed by atoms with Gasteiger partial charge in [-0.1, -0.05) is 11.8 Å². The number of thiophene rings is 2. The van der Waals surface area contributed by atoms with Crippen LogP contribution in [-0.2, 0) is 6.54 Å². The zero-order valence-corrected chi connectivity index (χ0v) is 12.0. The average Bonchev–Trinajstić information content (AvgIpc) is 3.02. The lowest BCUT2D eigenvalue weighted by molar-refractivity contribution is 0.0955. The predicted molar refractivity (Wildman–Crippen MR) is 78.5 cm³/mol. The number of hydrogen-bond donors (Lipinski definition) is 2. The van der Waals surface area contributed by atoms with Gasteiger partial charge in [0.25, 0.3) is 5.91 Å². The fourth-order valence-corrected chi connectivity index (χ4v) is 3.16. The Morgan fingerprint density at radius 3 is 3.00 bits per heavy atom. The first kappa shape index (κ1) is 13.8. The Hall–Kier alpha value is -1.61. The van der Waals surface area contributed by atoms with E-state index < -0.39 is 0 Å². The third-order valence-electron chi connectivity index (χ3n) is 2.57. The molecule has 0 fully saturated rings. The first-order valence-corrected chi connectivity index (χ1v) is 7.51. The van der Waals surface area contributed by atoms with Crippen molar-refractivity contribution in [2.24, 2.45) is 0 Å². The number of carbonyl (C=O) groups excluding carboxylic acids is 1. The predicted octanol–water partition coefficient (Wildman–Crippen LogP) is 2.39. The average molecular weight is 291 g/mol. The number of aliphatic hydroxyl groups is 1. The normalized spacial score (nSPS) is 9.79. The highest BCUT2D eigenvalue weighted by atomic mass is 32.1. The van der Waals surface area contributed by atoms with Gasteiger partial charge in [0, 0.05) is 12.1 Å². The monoisotopic (exact) mass is 291 g/mol. The van der Waals surface area contributed by atoms with Gasteiger partial charge in [0.1, 0.15) is 11.5 Å². The molecule has 2 rings (SSSR count). The Morgan fingerprint density at radius 2 is 2.32 bits per heavy atom. The summed E-state index contributed by atoms with van der Waals surface area (Å²) in [5.74, 6) is 5.22. The van der Waals surface area contributed by atoms with Crippen LogP contribution in [-0.4, -0.2) is 17.6 Å². The first-order valence-electron chi connectivity index (χ1n) is 5.69. The maximum Gasteiger partial charge on any atom is 0.262 e. The van der Waals surface area contributed by atoms with Crippen molar-refractivity contribution in [2.75, 3.05) is 6.61 Å². The number of carbonyl (C=O) groups is 1. The summed E-state index contributed by atoms with van der Waals surface area (Å²) < 4.78 is 0. The summed E-state index contributed by atoms with van der Waals surface area (Å²) in [4.78, 5) is 12.7. The largest absolute Gasteiger partial charge is 0.384 e. The van der Waals surface area contributed by atoms with Crippen molar-refractivity contribution in [3.8, 4) is 11.8 Å². The van der Waals surface area contributed by atoms with Crippen molar-refractivity contribution in [3.63, 3.8) is 0 Å². The van der Waals surface area contributed by atoms with E-state index in [9.17, 15) is 4.79 Å². The highest BCUT2D eigenvalue weighted by Crippen LogP contribution is 2.17. The van der Waals surface area contributed by atoms with Crippen LogP contribution in [0.3, 0.4) is 0 Å². The highest BCUT2D eigenvalue weighted by molar-refractivity contribution is 7.12. The molecule has 0 aliphatic rings. The molecule has 0 spiro atoms. The van der Waals surface area contributed by atoms with Crippen LogP contribution in [0.1, 0.15) is 26.4 Å². The molecule has 2 aromatic rings. The topological polar surface area (TPSA) is 49.3 Å². The van der Waals surface area contributed by atoms with Crippen LogP contribution in [0.2, 0.25) is 0 Å². The summed E-state index contributed by atoms with van der Waals surface area (Å²) >= 11 is 2.99. The van der Waals surface area contributed by atoms with Crippen LogP contribution in [0, 0.1) is 18.8 Å². The number of nitrogens with one attached hydrogen (secondary N) is 1. The van der Waals surface area contributed by atoms with Crippen molar-refractivity contribution in [1.82, 2.24) is 5.32 Å². The number of aryl methyl sites for hydroxylation is 1. The van der Waals surface area contributed by atoms with Crippen LogP contribution < -0.4 is 5.32 Å². The van der Waals surface area contributed by atoms with Gasteiger partial charge in [-0.2, -0.15) is 11.3 Å². The van der Waals surface area contributed by atoms with Gasteiger partial charge >= 0.3 is 0 Å². The van der Waals surface area contributed by atoms with Gasteiger partial charge in [-0.25, -0.2) is 0 Å². The van der Waals surface area contributed by atoms with Gasteiger partial charge in [0.2, 0.25) is 0 Å². The molecule has 0 bridgehead atoms. The van der Waals surface area contributed by atoms with Crippen molar-refractivity contribution in [3.05, 3.63) is 43.8 Å². The SMILES string of the molecule is Cc1cscc1CNC(=O)c1sccc1C#CCO. The molecule has 2 N–H and O–H groups in total. The molecule has 0 aliphatic heterocycles. The fourth-order valence-electron chi connectivity index (χ4n) is 1.54. The van der Waals surface area contributed by atoms with Gasteiger partial charge in [-0.3, -0.25) is 4.79 Å². The second kappa shape index (κ2) is 6.53. The third kappa shape index (κ3) is 3.44. The minimum atomic E-state index is -0.203. The number of hydrogen-bond acceptors (Lipinski definition) is 4. The number of amides is 1. The Labute approximate surface area is 119 Å². The standard InChI is InChI=1S/C14H13NO2S2/c1-10-8-18-9-12(10)7-15-14(17)13-11(3-2-5-16)4-6-19-13/h4,6,8-9,16H,5,7H2,1H3,(H,15,17). The maximum atomic E-state index is 12.1. The summed E-state index contributed by atoms with van der Waals surface area (Å²) in [5, 5.41) is 17.5. The molecule has 3 nitrogen and oxygen atoms in total. The van der Waals surface area contributed by atoms with Gasteiger partial charge in [0.05, 0.1) is 0 Å². The summed E-state index contributed by atoms with van der Waals surface area (Å²) in [5.41, 5.74) is 2.99. The van der Waals surface area contributed by atoms with Crippen molar-refractivity contribution in [2.45, 2.75) is 13.5 Å². The Kier molecular flexibility index (Phi) is 4.74. The Morgan fingerprint density at radius 1 is 1.47 bits per heavy atom. The molecule has 1 amide bonds. The molecule has 2 aromatic heterocycles. The van der Waals surface area contributed by atoms with Crippen molar-refractivity contribution >= 4 is 28.6 Å². The molecule has 0 aliphatic carbocycles. The molecule has 0 atom stereocenters. The molecule has 0 saturated carbocycles. The van der Waals surface area contributed by atoms with Gasteiger partial charge in [-0.05, 0) is 40.3 Å². The van der Waals surface area contributed by atoms with E-state index in [1.165, 1.54) is 16.9 Å². The van der Waals surface area contributed by atoms with E-state index in [1.807, 2.05) is 17.7 Å². The van der Waals surface area contributed by atoms with Gasteiger partial charge < -0.3 is 10.4 Å². The fraction of sp³-hybridized carbons (Fsp3) is 0.214. The van der Waals surface area contributed by atoms with Gasteiger partial charge in [0.15, 0.2) is 0 Å². The summed E-state index contributed by atoms with van der Waals surface area (Å²) in [6, 6.07) is 1.79. The molecular weight excluding hydrogens is 278 g/mol. The zero-order valence-electron chi connectivity index (χ0n) is 10.4. The molecule has 0 radical (unpaired) electrons. The second-order valence-electron chi connectivity index (χ2n) is 3.89. The third-order valence-corrected chi connectivity index (χ3v) is 4.40. The van der Waals surface area contributed by atoms with E-state index in [-0.39, 0.29) is 12.5 Å². The quantitative estimate of drug-likeness (QED) is 0.853. The van der Waals surface area contributed by atoms with Gasteiger partial charge in [-0.15, -0.1) is 11.3 Å². The molecular formula is C14H13NO2S2. The summed E-state index contributed by atoms with van der Waals surface area (Å²) in [7, 11) is 0.